The summed E-state index contributed by atoms with van der Waals surface area (Å²) >= 11 is 0. The monoisotopic (exact) mass is 353 g/mol. The molecule has 4 nitrogen and oxygen atoms in total. The van der Waals surface area contributed by atoms with Gasteiger partial charge in [-0.15, -0.1) is 0 Å². The lowest BCUT2D eigenvalue weighted by atomic mass is 10.1. The molecule has 140 valence electrons. The van der Waals surface area contributed by atoms with Crippen molar-refractivity contribution < 1.29 is 0 Å². The maximum absolute atomic E-state index is 13.2. The maximum atomic E-state index is 13.2. The van der Waals surface area contributed by atoms with E-state index in [0.29, 0.717) is 12.1 Å². The van der Waals surface area contributed by atoms with Gasteiger partial charge in [-0.3, -0.25) is 4.79 Å². The zero-order valence-electron chi connectivity index (χ0n) is 16.2. The molecule has 0 bridgehead atoms. The lowest BCUT2D eigenvalue weighted by molar-refractivity contribution is 0.219. The molecule has 0 radical (unpaired) electrons. The summed E-state index contributed by atoms with van der Waals surface area (Å²) in [5.41, 5.74) is 4.12. The van der Waals surface area contributed by atoms with Gasteiger partial charge in [0.1, 0.15) is 5.69 Å². The molecule has 26 heavy (non-hydrogen) atoms. The van der Waals surface area contributed by atoms with Gasteiger partial charge >= 0.3 is 0 Å². The second kappa shape index (κ2) is 9.13. The highest BCUT2D eigenvalue weighted by Gasteiger charge is 2.16. The summed E-state index contributed by atoms with van der Waals surface area (Å²) < 4.78 is 2.01. The zero-order chi connectivity index (χ0) is 18.4. The first-order valence-corrected chi connectivity index (χ1v) is 10.1. The quantitative estimate of drug-likeness (QED) is 0.765. The van der Waals surface area contributed by atoms with E-state index >= 15 is 0 Å². The molecule has 1 aromatic heterocycles. The van der Waals surface area contributed by atoms with Gasteiger partial charge in [0.25, 0.3) is 5.56 Å². The van der Waals surface area contributed by atoms with Crippen molar-refractivity contribution in [1.29, 1.82) is 0 Å². The Morgan fingerprint density at radius 3 is 2.31 bits per heavy atom. The Bertz CT molecular complexity index is 761. The second-order valence-electron chi connectivity index (χ2n) is 7.18. The minimum absolute atomic E-state index is 0.0971. The summed E-state index contributed by atoms with van der Waals surface area (Å²) in [4.78, 5) is 20.4. The third-order valence-electron chi connectivity index (χ3n) is 5.39. The van der Waals surface area contributed by atoms with E-state index in [1.807, 2.05) is 22.8 Å². The fraction of sp³-hybridized carbons (Fsp3) is 0.545. The van der Waals surface area contributed by atoms with Crippen molar-refractivity contribution >= 4 is 0 Å². The van der Waals surface area contributed by atoms with Crippen LogP contribution in [-0.4, -0.2) is 34.1 Å². The van der Waals surface area contributed by atoms with E-state index in [-0.39, 0.29) is 5.56 Å². The molecule has 0 aliphatic carbocycles. The van der Waals surface area contributed by atoms with Crippen LogP contribution in [0.25, 0.3) is 0 Å². The van der Waals surface area contributed by atoms with E-state index in [1.165, 1.54) is 32.4 Å². The van der Waals surface area contributed by atoms with E-state index in [1.54, 1.807) is 0 Å². The summed E-state index contributed by atoms with van der Waals surface area (Å²) in [6.07, 6.45) is 6.25. The van der Waals surface area contributed by atoms with E-state index in [0.717, 1.165) is 42.9 Å². The molecule has 0 saturated carbocycles. The number of benzene rings is 1. The molecule has 1 saturated heterocycles. The standard InChI is InChI=1S/C22H31N3O/c1-3-19-21(4-2)25(16-15-24-13-9-6-10-14-24)22(26)20(23-19)17-18-11-7-5-8-12-18/h5,7-8,11-12H,3-4,6,9-10,13-17H2,1-2H3. The molecular weight excluding hydrogens is 322 g/mol. The van der Waals surface area contributed by atoms with Gasteiger partial charge in [0.15, 0.2) is 0 Å². The van der Waals surface area contributed by atoms with Gasteiger partial charge in [-0.25, -0.2) is 4.98 Å². The van der Waals surface area contributed by atoms with Crippen LogP contribution in [0.15, 0.2) is 35.1 Å². The molecule has 2 heterocycles. The van der Waals surface area contributed by atoms with Gasteiger partial charge < -0.3 is 9.47 Å². The summed E-state index contributed by atoms with van der Waals surface area (Å²) in [7, 11) is 0. The van der Waals surface area contributed by atoms with Crippen molar-refractivity contribution in [2.24, 2.45) is 0 Å². The molecule has 0 N–H and O–H groups in total. The number of rotatable bonds is 7. The van der Waals surface area contributed by atoms with Gasteiger partial charge in [-0.2, -0.15) is 0 Å². The number of aromatic nitrogens is 2. The Morgan fingerprint density at radius 2 is 1.65 bits per heavy atom. The van der Waals surface area contributed by atoms with Crippen LogP contribution in [0.1, 0.15) is 55.8 Å². The fourth-order valence-corrected chi connectivity index (χ4v) is 3.95. The Balaban J connectivity index is 1.89. The minimum Gasteiger partial charge on any atom is -0.308 e. The number of aryl methyl sites for hydroxylation is 1. The van der Waals surface area contributed by atoms with Gasteiger partial charge in [0, 0.05) is 25.2 Å². The molecule has 0 atom stereocenters. The second-order valence-corrected chi connectivity index (χ2v) is 7.18. The molecule has 1 aromatic carbocycles. The molecule has 1 fully saturated rings. The summed E-state index contributed by atoms with van der Waals surface area (Å²) in [5, 5.41) is 0. The maximum Gasteiger partial charge on any atom is 0.272 e. The van der Waals surface area contributed by atoms with Gasteiger partial charge in [0.05, 0.1) is 5.69 Å². The lowest BCUT2D eigenvalue weighted by Crippen LogP contribution is -2.37. The molecule has 3 rings (SSSR count). The van der Waals surface area contributed by atoms with Crippen LogP contribution < -0.4 is 5.56 Å². The Morgan fingerprint density at radius 1 is 0.923 bits per heavy atom. The molecule has 0 amide bonds. The summed E-state index contributed by atoms with van der Waals surface area (Å²) in [6, 6.07) is 10.2. The first-order chi connectivity index (χ1) is 12.7. The molecular formula is C22H31N3O. The number of nitrogens with zero attached hydrogens (tertiary/aromatic N) is 3. The van der Waals surface area contributed by atoms with E-state index in [2.05, 4.69) is 30.9 Å². The van der Waals surface area contributed by atoms with Crippen LogP contribution in [0.3, 0.4) is 0 Å². The topological polar surface area (TPSA) is 38.1 Å². The number of likely N-dealkylation sites (tertiary alicyclic amines) is 1. The lowest BCUT2D eigenvalue weighted by Gasteiger charge is -2.27. The normalized spacial score (nSPS) is 15.3. The zero-order valence-corrected chi connectivity index (χ0v) is 16.2. The molecule has 0 unspecified atom stereocenters. The highest BCUT2D eigenvalue weighted by Crippen LogP contribution is 2.12. The fourth-order valence-electron chi connectivity index (χ4n) is 3.95. The molecule has 1 aliphatic rings. The largest absolute Gasteiger partial charge is 0.308 e. The van der Waals surface area contributed by atoms with Gasteiger partial charge in [0.2, 0.25) is 0 Å². The van der Waals surface area contributed by atoms with Crippen molar-refractivity contribution in [3.63, 3.8) is 0 Å². The van der Waals surface area contributed by atoms with E-state index < -0.39 is 0 Å². The number of piperidine rings is 1. The van der Waals surface area contributed by atoms with Crippen molar-refractivity contribution in [3.8, 4) is 0 Å². The minimum atomic E-state index is 0.0971. The predicted octanol–water partition coefficient (Wildman–Crippen LogP) is 3.44. The number of hydrogen-bond acceptors (Lipinski definition) is 3. The van der Waals surface area contributed by atoms with Gasteiger partial charge in [-0.1, -0.05) is 50.6 Å². The van der Waals surface area contributed by atoms with E-state index in [4.69, 9.17) is 4.98 Å². The first-order valence-electron chi connectivity index (χ1n) is 10.1. The highest BCUT2D eigenvalue weighted by molar-refractivity contribution is 5.24. The Hall–Kier alpha value is -1.94. The summed E-state index contributed by atoms with van der Waals surface area (Å²) in [6.45, 7) is 8.33. The van der Waals surface area contributed by atoms with Crippen LogP contribution >= 0.6 is 0 Å². The predicted molar refractivity (Wildman–Crippen MR) is 107 cm³/mol. The van der Waals surface area contributed by atoms with Crippen LogP contribution in [0.4, 0.5) is 0 Å². The van der Waals surface area contributed by atoms with Gasteiger partial charge in [-0.05, 0) is 44.3 Å². The van der Waals surface area contributed by atoms with Crippen LogP contribution in [0.2, 0.25) is 0 Å². The highest BCUT2D eigenvalue weighted by atomic mass is 16.1. The average molecular weight is 354 g/mol. The van der Waals surface area contributed by atoms with Crippen molar-refractivity contribution in [3.05, 3.63) is 63.3 Å². The first kappa shape index (κ1) is 18.8. The van der Waals surface area contributed by atoms with E-state index in [9.17, 15) is 4.79 Å². The van der Waals surface area contributed by atoms with Crippen LogP contribution in [-0.2, 0) is 25.8 Å². The molecule has 4 heteroatoms. The SMILES string of the molecule is CCc1nc(Cc2ccccc2)c(=O)n(CCN2CCCCC2)c1CC. The third-order valence-corrected chi connectivity index (χ3v) is 5.39. The van der Waals surface area contributed by atoms with Crippen molar-refractivity contribution in [2.75, 3.05) is 19.6 Å². The van der Waals surface area contributed by atoms with Crippen LogP contribution in [0, 0.1) is 0 Å². The molecule has 2 aromatic rings. The average Bonchev–Trinajstić information content (AvgIpc) is 2.69. The molecule has 1 aliphatic heterocycles. The Labute approximate surface area is 156 Å². The summed E-state index contributed by atoms with van der Waals surface area (Å²) in [5.74, 6) is 0. The van der Waals surface area contributed by atoms with Crippen LogP contribution in [0.5, 0.6) is 0 Å². The van der Waals surface area contributed by atoms with Crippen molar-refractivity contribution in [1.82, 2.24) is 14.5 Å². The Kier molecular flexibility index (Phi) is 6.62. The van der Waals surface area contributed by atoms with Crippen molar-refractivity contribution in [2.45, 2.75) is 58.9 Å². The molecule has 0 spiro atoms. The smallest absolute Gasteiger partial charge is 0.272 e. The third kappa shape index (κ3) is 4.42. The number of hydrogen-bond donors (Lipinski definition) is 0.